The molecule has 0 aromatic heterocycles. The molecule has 0 fully saturated rings. The van der Waals surface area contributed by atoms with E-state index in [0.717, 1.165) is 6.92 Å². The summed E-state index contributed by atoms with van der Waals surface area (Å²) >= 11 is 3.95. The Morgan fingerprint density at radius 2 is 1.38 bits per heavy atom. The molecule has 2 rings (SSSR count). The molecule has 2 aromatic carbocycles. The Morgan fingerprint density at radius 1 is 0.923 bits per heavy atom. The van der Waals surface area contributed by atoms with Crippen LogP contribution in [0.3, 0.4) is 0 Å². The van der Waals surface area contributed by atoms with Gasteiger partial charge in [-0.05, 0) is 0 Å². The largest absolute Gasteiger partial charge is 0.479 e. The van der Waals surface area contributed by atoms with E-state index in [0.29, 0.717) is 4.31 Å². The number of amides is 1. The summed E-state index contributed by atoms with van der Waals surface area (Å²) in [4.78, 5) is 49.7. The molecule has 1 amide bonds. The molecule has 6 nitrogen and oxygen atoms in total. The molecule has 134 valence electrons. The number of ketones is 2. The summed E-state index contributed by atoms with van der Waals surface area (Å²) in [6.45, 7) is 1.08. The Hall–Kier alpha value is -2.93. The third-order valence-corrected chi connectivity index (χ3v) is 4.56. The van der Waals surface area contributed by atoms with Crippen molar-refractivity contribution in [3.05, 3.63) is 71.8 Å². The Kier molecular flexibility index (Phi) is 5.94. The first kappa shape index (κ1) is 19.4. The maximum absolute atomic E-state index is 13.0. The first-order valence-electron chi connectivity index (χ1n) is 7.72. The van der Waals surface area contributed by atoms with Gasteiger partial charge in [0.2, 0.25) is 17.2 Å². The number of carbonyl (C=O) groups excluding carboxylic acids is 3. The van der Waals surface area contributed by atoms with Crippen LogP contribution in [0.5, 0.6) is 0 Å². The number of benzene rings is 2. The highest BCUT2D eigenvalue weighted by Gasteiger charge is 2.53. The predicted octanol–water partition coefficient (Wildman–Crippen LogP) is 2.66. The third-order valence-electron chi connectivity index (χ3n) is 3.94. The molecule has 0 spiro atoms. The number of nitrogens with zero attached hydrogens (tertiary/aromatic N) is 1. The van der Waals surface area contributed by atoms with Gasteiger partial charge in [0, 0.05) is 18.1 Å². The predicted molar refractivity (Wildman–Crippen MR) is 98.0 cm³/mol. The zero-order chi connectivity index (χ0) is 19.3. The minimum Gasteiger partial charge on any atom is -0.479 e. The Bertz CT molecular complexity index is 838. The fourth-order valence-corrected chi connectivity index (χ4v) is 2.82. The van der Waals surface area contributed by atoms with Gasteiger partial charge < -0.3 is 5.11 Å². The number of aliphatic carboxylic acids is 1. The van der Waals surface area contributed by atoms with Gasteiger partial charge in [-0.1, -0.05) is 73.5 Å². The molecular weight excluding hydrogens is 354 g/mol. The van der Waals surface area contributed by atoms with Crippen LogP contribution in [0.15, 0.2) is 60.7 Å². The molecule has 1 atom stereocenters. The van der Waals surface area contributed by atoms with Gasteiger partial charge in [-0.3, -0.25) is 18.7 Å². The van der Waals surface area contributed by atoms with Crippen LogP contribution in [-0.4, -0.2) is 38.4 Å². The van der Waals surface area contributed by atoms with Gasteiger partial charge in [0.15, 0.2) is 5.78 Å². The topological polar surface area (TPSA) is 91.8 Å². The van der Waals surface area contributed by atoms with Gasteiger partial charge >= 0.3 is 5.97 Å². The molecule has 0 bridgehead atoms. The molecule has 2 aromatic rings. The van der Waals surface area contributed by atoms with Crippen LogP contribution in [-0.2, 0) is 9.59 Å². The molecule has 0 aliphatic rings. The highest BCUT2D eigenvalue weighted by molar-refractivity contribution is 7.78. The number of thiol groups is 1. The van der Waals surface area contributed by atoms with E-state index in [9.17, 15) is 24.3 Å². The van der Waals surface area contributed by atoms with Crippen LogP contribution in [0, 0.1) is 0 Å². The summed E-state index contributed by atoms with van der Waals surface area (Å²) in [7, 11) is 0. The minimum absolute atomic E-state index is 0.0658. The number of hydrogen-bond acceptors (Lipinski definition) is 5. The maximum Gasteiger partial charge on any atom is 0.339 e. The summed E-state index contributed by atoms with van der Waals surface area (Å²) < 4.78 is 0.519. The fraction of sp³-hybridized carbons (Fsp3) is 0.158. The SMILES string of the molecule is CC(=O)N(S)C(CC(=O)c1ccccc1)(C(=O)O)C(=O)c1ccccc1. The Morgan fingerprint density at radius 3 is 1.81 bits per heavy atom. The number of rotatable bonds is 7. The molecule has 0 saturated heterocycles. The summed E-state index contributed by atoms with van der Waals surface area (Å²) in [5.41, 5.74) is -2.15. The van der Waals surface area contributed by atoms with Crippen LogP contribution in [0.1, 0.15) is 34.1 Å². The van der Waals surface area contributed by atoms with Gasteiger partial charge in [0.1, 0.15) is 0 Å². The zero-order valence-electron chi connectivity index (χ0n) is 14.0. The van der Waals surface area contributed by atoms with Crippen molar-refractivity contribution in [2.24, 2.45) is 0 Å². The standard InChI is InChI=1S/C19H17NO5S/c1-13(21)20(26)19(18(24)25,17(23)15-10-6-3-7-11-15)12-16(22)14-8-4-2-5-9-14/h2-11,26H,12H2,1H3,(H,24,25). The second-order valence-corrected chi connectivity index (χ2v) is 6.06. The second kappa shape index (κ2) is 7.97. The van der Waals surface area contributed by atoms with Crippen molar-refractivity contribution in [3.8, 4) is 0 Å². The smallest absolute Gasteiger partial charge is 0.339 e. The summed E-state index contributed by atoms with van der Waals surface area (Å²) in [5, 5.41) is 9.85. The van der Waals surface area contributed by atoms with Gasteiger partial charge in [0.25, 0.3) is 0 Å². The van der Waals surface area contributed by atoms with Crippen molar-refractivity contribution in [3.63, 3.8) is 0 Å². The molecule has 26 heavy (non-hydrogen) atoms. The number of carboxylic acid groups (broad SMARTS) is 1. The molecule has 0 aliphatic carbocycles. The number of hydrogen-bond donors (Lipinski definition) is 2. The first-order valence-corrected chi connectivity index (χ1v) is 8.12. The zero-order valence-corrected chi connectivity index (χ0v) is 14.8. The van der Waals surface area contributed by atoms with E-state index in [4.69, 9.17) is 0 Å². The van der Waals surface area contributed by atoms with E-state index in [1.54, 1.807) is 36.4 Å². The van der Waals surface area contributed by atoms with Gasteiger partial charge in [0.05, 0.1) is 6.42 Å². The number of Topliss-reactive ketones (excluding diaryl/α,β-unsaturated/α-hetero) is 2. The van der Waals surface area contributed by atoms with Crippen molar-refractivity contribution >= 4 is 36.3 Å². The van der Waals surface area contributed by atoms with E-state index in [-0.39, 0.29) is 11.1 Å². The first-order chi connectivity index (χ1) is 12.3. The van der Waals surface area contributed by atoms with Crippen molar-refractivity contribution in [1.29, 1.82) is 0 Å². The molecule has 7 heteroatoms. The summed E-state index contributed by atoms with van der Waals surface area (Å²) in [6.07, 6.45) is -0.733. The molecule has 0 aliphatic heterocycles. The van der Waals surface area contributed by atoms with Gasteiger partial charge in [-0.15, -0.1) is 0 Å². The van der Waals surface area contributed by atoms with Gasteiger partial charge in [-0.25, -0.2) is 4.79 Å². The normalized spacial score (nSPS) is 12.7. The maximum atomic E-state index is 13.0. The van der Waals surface area contributed by atoms with Crippen molar-refractivity contribution < 1.29 is 24.3 Å². The molecule has 0 heterocycles. The fourth-order valence-electron chi connectivity index (χ4n) is 2.57. The lowest BCUT2D eigenvalue weighted by molar-refractivity contribution is -0.149. The highest BCUT2D eigenvalue weighted by Crippen LogP contribution is 2.29. The summed E-state index contributed by atoms with van der Waals surface area (Å²) in [6, 6.07) is 15.6. The summed E-state index contributed by atoms with van der Waals surface area (Å²) in [5.74, 6) is -3.86. The lowest BCUT2D eigenvalue weighted by Gasteiger charge is -2.34. The van der Waals surface area contributed by atoms with Gasteiger partial charge in [-0.2, -0.15) is 0 Å². The monoisotopic (exact) mass is 371 g/mol. The van der Waals surface area contributed by atoms with Crippen molar-refractivity contribution in [1.82, 2.24) is 4.31 Å². The quantitative estimate of drug-likeness (QED) is 0.443. The van der Waals surface area contributed by atoms with Crippen molar-refractivity contribution in [2.45, 2.75) is 18.9 Å². The van der Waals surface area contributed by atoms with Crippen LogP contribution in [0.2, 0.25) is 0 Å². The molecule has 0 saturated carbocycles. The molecule has 1 N–H and O–H groups in total. The van der Waals surface area contributed by atoms with E-state index in [1.165, 1.54) is 24.3 Å². The Balaban J connectivity index is 2.57. The average Bonchev–Trinajstić information content (AvgIpc) is 2.65. The van der Waals surface area contributed by atoms with Crippen LogP contribution >= 0.6 is 12.8 Å². The van der Waals surface area contributed by atoms with Crippen LogP contribution < -0.4 is 0 Å². The molecule has 0 radical (unpaired) electrons. The van der Waals surface area contributed by atoms with Crippen LogP contribution in [0.4, 0.5) is 0 Å². The number of carbonyl (C=O) groups is 4. The van der Waals surface area contributed by atoms with Crippen LogP contribution in [0.25, 0.3) is 0 Å². The Labute approximate surface area is 156 Å². The molecule has 1 unspecified atom stereocenters. The number of carboxylic acids is 1. The van der Waals surface area contributed by atoms with Crippen molar-refractivity contribution in [2.75, 3.05) is 0 Å². The minimum atomic E-state index is -2.46. The third kappa shape index (κ3) is 3.67. The lowest BCUT2D eigenvalue weighted by atomic mass is 9.83. The lowest BCUT2D eigenvalue weighted by Crippen LogP contribution is -2.59. The molecular formula is C19H17NO5S. The highest BCUT2D eigenvalue weighted by atomic mass is 32.1. The average molecular weight is 371 g/mol. The van der Waals surface area contributed by atoms with E-state index >= 15 is 0 Å². The van der Waals surface area contributed by atoms with E-state index in [1.807, 2.05) is 0 Å². The van der Waals surface area contributed by atoms with E-state index in [2.05, 4.69) is 12.8 Å². The second-order valence-electron chi connectivity index (χ2n) is 5.66. The van der Waals surface area contributed by atoms with E-state index < -0.39 is 35.4 Å².